The fourth-order valence-corrected chi connectivity index (χ4v) is 4.23. The average molecular weight is 383 g/mol. The number of hydrogen-bond acceptors (Lipinski definition) is 5. The molecule has 0 radical (unpaired) electrons. The molecule has 1 aliphatic heterocycles. The zero-order valence-electron chi connectivity index (χ0n) is 16.6. The van der Waals surface area contributed by atoms with E-state index in [1.807, 2.05) is 36.1 Å². The molecule has 6 nitrogen and oxygen atoms in total. The number of carbonyl (C=O) groups is 1. The quantitative estimate of drug-likeness (QED) is 0.681. The number of rotatable bonds is 7. The second-order valence-corrected chi connectivity index (χ2v) is 8.13. The first-order valence-corrected chi connectivity index (χ1v) is 10.4. The van der Waals surface area contributed by atoms with E-state index in [1.54, 1.807) is 0 Å². The van der Waals surface area contributed by atoms with Crippen molar-refractivity contribution in [1.29, 1.82) is 0 Å². The van der Waals surface area contributed by atoms with Crippen LogP contribution >= 0.6 is 0 Å². The highest BCUT2D eigenvalue weighted by Crippen LogP contribution is 2.27. The van der Waals surface area contributed by atoms with E-state index in [9.17, 15) is 4.79 Å². The molecular formula is C22H29N3O3. The van der Waals surface area contributed by atoms with Crippen LogP contribution in [-0.2, 0) is 11.2 Å². The van der Waals surface area contributed by atoms with Crippen molar-refractivity contribution in [3.8, 4) is 0 Å². The lowest BCUT2D eigenvalue weighted by molar-refractivity contribution is 0.0789. The average Bonchev–Trinajstić information content (AvgIpc) is 3.46. The van der Waals surface area contributed by atoms with Crippen molar-refractivity contribution in [2.45, 2.75) is 51.4 Å². The minimum atomic E-state index is 0.0752. The molecule has 4 rings (SSSR count). The van der Waals surface area contributed by atoms with Gasteiger partial charge in [-0.05, 0) is 44.2 Å². The standard InChI is InChI=1S/C22H29N3O3/c1-16-5-4-8-18(13-16)22(26)25-11-9-19(14-25)21-23-20(24-28-21)10-12-27-15-17-6-2-3-7-17/h4-5,8,13,17,19H,2-3,6-7,9-12,14-15H2,1H3. The minimum absolute atomic E-state index is 0.0752. The maximum absolute atomic E-state index is 12.7. The van der Waals surface area contributed by atoms with E-state index >= 15 is 0 Å². The molecule has 0 N–H and O–H groups in total. The Kier molecular flexibility index (Phi) is 6.05. The maximum Gasteiger partial charge on any atom is 0.253 e. The van der Waals surface area contributed by atoms with E-state index in [0.29, 0.717) is 31.3 Å². The molecule has 1 amide bonds. The van der Waals surface area contributed by atoms with Crippen LogP contribution in [0.3, 0.4) is 0 Å². The van der Waals surface area contributed by atoms with E-state index in [0.717, 1.165) is 36.6 Å². The molecule has 2 aliphatic rings. The molecule has 1 aromatic heterocycles. The second-order valence-electron chi connectivity index (χ2n) is 8.13. The van der Waals surface area contributed by atoms with Crippen LogP contribution < -0.4 is 0 Å². The van der Waals surface area contributed by atoms with E-state index in [1.165, 1.54) is 25.7 Å². The molecule has 1 unspecified atom stereocenters. The molecule has 0 bridgehead atoms. The van der Waals surface area contributed by atoms with Crippen LogP contribution in [0.4, 0.5) is 0 Å². The summed E-state index contributed by atoms with van der Waals surface area (Å²) in [6.45, 7) is 4.84. The van der Waals surface area contributed by atoms with Gasteiger partial charge in [0, 0.05) is 31.7 Å². The number of ether oxygens (including phenoxy) is 1. The number of carbonyl (C=O) groups excluding carboxylic acids is 1. The van der Waals surface area contributed by atoms with Crippen LogP contribution in [0.25, 0.3) is 0 Å². The van der Waals surface area contributed by atoms with Gasteiger partial charge in [0.05, 0.1) is 12.5 Å². The molecule has 28 heavy (non-hydrogen) atoms. The van der Waals surface area contributed by atoms with Gasteiger partial charge in [-0.3, -0.25) is 4.79 Å². The van der Waals surface area contributed by atoms with Crippen molar-refractivity contribution in [3.05, 3.63) is 47.1 Å². The summed E-state index contributed by atoms with van der Waals surface area (Å²) in [6.07, 6.45) is 6.81. The third-order valence-electron chi connectivity index (χ3n) is 5.87. The first-order valence-electron chi connectivity index (χ1n) is 10.4. The SMILES string of the molecule is Cc1cccc(C(=O)N2CCC(c3nc(CCOCC4CCCC4)no3)C2)c1. The summed E-state index contributed by atoms with van der Waals surface area (Å²) in [6, 6.07) is 7.74. The lowest BCUT2D eigenvalue weighted by Crippen LogP contribution is -2.28. The van der Waals surface area contributed by atoms with Crippen LogP contribution in [0.5, 0.6) is 0 Å². The molecule has 2 aromatic rings. The Balaban J connectivity index is 1.25. The van der Waals surface area contributed by atoms with Crippen LogP contribution in [0.2, 0.25) is 0 Å². The number of hydrogen-bond donors (Lipinski definition) is 0. The first-order chi connectivity index (χ1) is 13.7. The normalized spacial score (nSPS) is 20.2. The number of likely N-dealkylation sites (tertiary alicyclic amines) is 1. The summed E-state index contributed by atoms with van der Waals surface area (Å²) in [4.78, 5) is 19.1. The van der Waals surface area contributed by atoms with Crippen molar-refractivity contribution >= 4 is 5.91 Å². The Morgan fingerprint density at radius 1 is 1.29 bits per heavy atom. The van der Waals surface area contributed by atoms with Crippen LogP contribution in [0.15, 0.2) is 28.8 Å². The Morgan fingerprint density at radius 3 is 2.96 bits per heavy atom. The third kappa shape index (κ3) is 4.61. The van der Waals surface area contributed by atoms with Crippen LogP contribution in [-0.4, -0.2) is 47.3 Å². The van der Waals surface area contributed by atoms with E-state index in [-0.39, 0.29) is 11.8 Å². The van der Waals surface area contributed by atoms with Crippen molar-refractivity contribution in [2.75, 3.05) is 26.3 Å². The fraction of sp³-hybridized carbons (Fsp3) is 0.591. The predicted octanol–water partition coefficient (Wildman–Crippen LogP) is 3.76. The van der Waals surface area contributed by atoms with Crippen LogP contribution in [0, 0.1) is 12.8 Å². The molecule has 6 heteroatoms. The summed E-state index contributed by atoms with van der Waals surface area (Å²) >= 11 is 0. The van der Waals surface area contributed by atoms with Gasteiger partial charge in [-0.2, -0.15) is 4.98 Å². The van der Waals surface area contributed by atoms with Crippen molar-refractivity contribution < 1.29 is 14.1 Å². The summed E-state index contributed by atoms with van der Waals surface area (Å²) in [5, 5.41) is 4.10. The van der Waals surface area contributed by atoms with Crippen LogP contribution in [0.1, 0.15) is 65.7 Å². The topological polar surface area (TPSA) is 68.5 Å². The van der Waals surface area contributed by atoms with E-state index in [2.05, 4.69) is 10.1 Å². The molecule has 2 heterocycles. The van der Waals surface area contributed by atoms with Crippen molar-refractivity contribution in [3.63, 3.8) is 0 Å². The van der Waals surface area contributed by atoms with Gasteiger partial charge in [0.1, 0.15) is 0 Å². The number of amides is 1. The number of benzene rings is 1. The Morgan fingerprint density at radius 2 is 2.14 bits per heavy atom. The minimum Gasteiger partial charge on any atom is -0.381 e. The fourth-order valence-electron chi connectivity index (χ4n) is 4.23. The largest absolute Gasteiger partial charge is 0.381 e. The molecule has 2 fully saturated rings. The molecule has 1 aromatic carbocycles. The first kappa shape index (κ1) is 19.1. The highest BCUT2D eigenvalue weighted by Gasteiger charge is 2.31. The van der Waals surface area contributed by atoms with Gasteiger partial charge in [0.25, 0.3) is 5.91 Å². The molecule has 150 valence electrons. The van der Waals surface area contributed by atoms with E-state index < -0.39 is 0 Å². The van der Waals surface area contributed by atoms with Crippen molar-refractivity contribution in [2.24, 2.45) is 5.92 Å². The smallest absolute Gasteiger partial charge is 0.253 e. The van der Waals surface area contributed by atoms with Gasteiger partial charge in [0.15, 0.2) is 5.82 Å². The lowest BCUT2D eigenvalue weighted by Gasteiger charge is -2.16. The molecule has 1 saturated carbocycles. The third-order valence-corrected chi connectivity index (χ3v) is 5.87. The highest BCUT2D eigenvalue weighted by molar-refractivity contribution is 5.94. The molecule has 1 aliphatic carbocycles. The van der Waals surface area contributed by atoms with Gasteiger partial charge in [-0.15, -0.1) is 0 Å². The Hall–Kier alpha value is -2.21. The van der Waals surface area contributed by atoms with Gasteiger partial charge in [0.2, 0.25) is 5.89 Å². The number of aromatic nitrogens is 2. The monoisotopic (exact) mass is 383 g/mol. The Bertz CT molecular complexity index is 798. The summed E-state index contributed by atoms with van der Waals surface area (Å²) < 4.78 is 11.3. The van der Waals surface area contributed by atoms with Gasteiger partial charge in [-0.25, -0.2) is 0 Å². The summed E-state index contributed by atoms with van der Waals surface area (Å²) in [5.74, 6) is 2.27. The van der Waals surface area contributed by atoms with Gasteiger partial charge >= 0.3 is 0 Å². The summed E-state index contributed by atoms with van der Waals surface area (Å²) in [7, 11) is 0. The maximum atomic E-state index is 12.7. The molecule has 0 spiro atoms. The van der Waals surface area contributed by atoms with Gasteiger partial charge in [-0.1, -0.05) is 35.7 Å². The zero-order chi connectivity index (χ0) is 19.3. The highest BCUT2D eigenvalue weighted by atomic mass is 16.5. The zero-order valence-corrected chi connectivity index (χ0v) is 16.6. The number of nitrogens with zero attached hydrogens (tertiary/aromatic N) is 3. The second kappa shape index (κ2) is 8.86. The molecule has 1 atom stereocenters. The van der Waals surface area contributed by atoms with Crippen molar-refractivity contribution in [1.82, 2.24) is 15.0 Å². The van der Waals surface area contributed by atoms with Gasteiger partial charge < -0.3 is 14.2 Å². The lowest BCUT2D eigenvalue weighted by atomic mass is 10.1. The molecular weight excluding hydrogens is 354 g/mol. The Labute approximate surface area is 166 Å². The van der Waals surface area contributed by atoms with E-state index in [4.69, 9.17) is 9.26 Å². The summed E-state index contributed by atoms with van der Waals surface area (Å²) in [5.41, 5.74) is 1.84. The molecule has 1 saturated heterocycles. The number of aryl methyl sites for hydroxylation is 1. The predicted molar refractivity (Wildman–Crippen MR) is 105 cm³/mol.